The lowest BCUT2D eigenvalue weighted by Crippen LogP contribution is -2.08. The van der Waals surface area contributed by atoms with Gasteiger partial charge in [-0.15, -0.1) is 0 Å². The minimum absolute atomic E-state index is 0.117. The summed E-state index contributed by atoms with van der Waals surface area (Å²) < 4.78 is 0. The first-order valence-corrected chi connectivity index (χ1v) is 6.41. The number of benzene rings is 1. The zero-order valence-electron chi connectivity index (χ0n) is 9.22. The minimum Gasteiger partial charge on any atom is -0.294 e. The van der Waals surface area contributed by atoms with Crippen LogP contribution in [0.25, 0.3) is 0 Å². The molecule has 0 N–H and O–H groups in total. The number of halogens is 2. The van der Waals surface area contributed by atoms with Gasteiger partial charge in [-0.3, -0.25) is 4.79 Å². The van der Waals surface area contributed by atoms with E-state index in [1.54, 1.807) is 6.07 Å². The lowest BCUT2D eigenvalue weighted by atomic mass is 9.98. The van der Waals surface area contributed by atoms with Crippen LogP contribution in [0, 0.1) is 5.92 Å². The first-order chi connectivity index (χ1) is 7.63. The molecular formula is C13H14Cl2O. The molecule has 16 heavy (non-hydrogen) atoms. The van der Waals surface area contributed by atoms with Gasteiger partial charge in [0.1, 0.15) is 0 Å². The van der Waals surface area contributed by atoms with Gasteiger partial charge in [0.05, 0.1) is 5.02 Å². The Kier molecular flexibility index (Phi) is 3.56. The van der Waals surface area contributed by atoms with Crippen molar-refractivity contribution in [3.63, 3.8) is 0 Å². The average Bonchev–Trinajstić information content (AvgIpc) is 2.52. The molecule has 2 rings (SSSR count). The summed E-state index contributed by atoms with van der Waals surface area (Å²) in [5, 5.41) is 1.12. The molecule has 1 aromatic carbocycles. The lowest BCUT2D eigenvalue weighted by molar-refractivity contribution is 0.0929. The van der Waals surface area contributed by atoms with Crippen molar-refractivity contribution in [1.29, 1.82) is 0 Å². The number of hydrogen-bond acceptors (Lipinski definition) is 1. The number of carbonyl (C=O) groups excluding carboxylic acids is 1. The molecule has 0 spiro atoms. The molecule has 0 aliphatic heterocycles. The van der Waals surface area contributed by atoms with Crippen molar-refractivity contribution < 1.29 is 4.79 Å². The second kappa shape index (κ2) is 4.77. The van der Waals surface area contributed by atoms with Crippen LogP contribution in [0.2, 0.25) is 10.0 Å². The maximum Gasteiger partial charge on any atom is 0.168 e. The number of ketones is 1. The molecule has 1 aliphatic carbocycles. The highest BCUT2D eigenvalue weighted by Crippen LogP contribution is 2.36. The molecule has 0 radical (unpaired) electrons. The van der Waals surface area contributed by atoms with E-state index in [-0.39, 0.29) is 11.7 Å². The van der Waals surface area contributed by atoms with Gasteiger partial charge in [0.25, 0.3) is 0 Å². The molecule has 0 amide bonds. The second-order valence-electron chi connectivity index (χ2n) is 4.33. The Morgan fingerprint density at radius 2 is 2.12 bits per heavy atom. The van der Waals surface area contributed by atoms with Crippen LogP contribution in [0.5, 0.6) is 0 Å². The second-order valence-corrected chi connectivity index (χ2v) is 5.17. The molecule has 0 fully saturated rings. The highest BCUT2D eigenvalue weighted by Gasteiger charge is 2.32. The number of hydrogen-bond donors (Lipinski definition) is 0. The lowest BCUT2D eigenvalue weighted by Gasteiger charge is -2.05. The van der Waals surface area contributed by atoms with Crippen LogP contribution in [0.1, 0.15) is 42.1 Å². The van der Waals surface area contributed by atoms with E-state index in [1.807, 2.05) is 6.07 Å². The van der Waals surface area contributed by atoms with E-state index in [0.29, 0.717) is 15.6 Å². The summed E-state index contributed by atoms with van der Waals surface area (Å²) in [6, 6.07) is 3.52. The van der Waals surface area contributed by atoms with Gasteiger partial charge in [-0.05, 0) is 30.5 Å². The standard InChI is InChI=1S/C13H14Cl2O/c1-2-3-4-8-5-9-6-10(14)7-11(15)12(9)13(8)16/h6-8H,2-5H2,1H3. The maximum absolute atomic E-state index is 12.1. The predicted molar refractivity (Wildman–Crippen MR) is 67.5 cm³/mol. The third kappa shape index (κ3) is 2.11. The highest BCUT2D eigenvalue weighted by atomic mass is 35.5. The van der Waals surface area contributed by atoms with Gasteiger partial charge >= 0.3 is 0 Å². The molecule has 3 heteroatoms. The van der Waals surface area contributed by atoms with E-state index in [4.69, 9.17) is 23.2 Å². The number of fused-ring (bicyclic) bond motifs is 1. The van der Waals surface area contributed by atoms with Crippen LogP contribution in [0.4, 0.5) is 0 Å². The average molecular weight is 257 g/mol. The zero-order valence-corrected chi connectivity index (χ0v) is 10.7. The molecule has 1 atom stereocenters. The minimum atomic E-state index is 0.117. The zero-order chi connectivity index (χ0) is 11.7. The molecule has 0 saturated heterocycles. The van der Waals surface area contributed by atoms with Gasteiger partial charge in [0.15, 0.2) is 5.78 Å². The molecule has 1 unspecified atom stereocenters. The van der Waals surface area contributed by atoms with Crippen LogP contribution in [0.15, 0.2) is 12.1 Å². The summed E-state index contributed by atoms with van der Waals surface area (Å²) in [5.74, 6) is 0.316. The molecule has 0 heterocycles. The Bertz CT molecular complexity index is 426. The normalized spacial score (nSPS) is 18.9. The number of carbonyl (C=O) groups is 1. The maximum atomic E-state index is 12.1. The van der Waals surface area contributed by atoms with Crippen LogP contribution in [-0.4, -0.2) is 5.78 Å². The Hall–Kier alpha value is -0.530. The summed E-state index contributed by atoms with van der Waals surface area (Å²) in [4.78, 5) is 12.1. The summed E-state index contributed by atoms with van der Waals surface area (Å²) >= 11 is 12.0. The fourth-order valence-electron chi connectivity index (χ4n) is 2.31. The van der Waals surface area contributed by atoms with Crippen LogP contribution >= 0.6 is 23.2 Å². The van der Waals surface area contributed by atoms with Gasteiger partial charge in [-0.25, -0.2) is 0 Å². The van der Waals surface area contributed by atoms with Gasteiger partial charge in [0, 0.05) is 16.5 Å². The van der Waals surface area contributed by atoms with Crippen molar-refractivity contribution >= 4 is 29.0 Å². The summed E-state index contributed by atoms with van der Waals surface area (Å²) in [6.45, 7) is 2.14. The molecule has 86 valence electrons. The molecule has 1 nitrogen and oxygen atoms in total. The topological polar surface area (TPSA) is 17.1 Å². The van der Waals surface area contributed by atoms with Crippen molar-refractivity contribution in [3.8, 4) is 0 Å². The highest BCUT2D eigenvalue weighted by molar-refractivity contribution is 6.37. The van der Waals surface area contributed by atoms with Crippen LogP contribution in [-0.2, 0) is 6.42 Å². The monoisotopic (exact) mass is 256 g/mol. The summed E-state index contributed by atoms with van der Waals surface area (Å²) in [7, 11) is 0. The van der Waals surface area contributed by atoms with Gasteiger partial charge < -0.3 is 0 Å². The smallest absolute Gasteiger partial charge is 0.168 e. The van der Waals surface area contributed by atoms with E-state index < -0.39 is 0 Å². The largest absolute Gasteiger partial charge is 0.294 e. The van der Waals surface area contributed by atoms with Crippen LogP contribution in [0.3, 0.4) is 0 Å². The molecule has 1 aliphatic rings. The fourth-order valence-corrected chi connectivity index (χ4v) is 2.94. The van der Waals surface area contributed by atoms with E-state index in [0.717, 1.165) is 31.2 Å². The SMILES string of the molecule is CCCCC1Cc2cc(Cl)cc(Cl)c2C1=O. The van der Waals surface area contributed by atoms with Crippen molar-refractivity contribution in [3.05, 3.63) is 33.3 Å². The van der Waals surface area contributed by atoms with Crippen molar-refractivity contribution in [2.45, 2.75) is 32.6 Å². The first kappa shape index (κ1) is 11.9. The Labute approximate surface area is 106 Å². The number of Topliss-reactive ketones (excluding diaryl/α,β-unsaturated/α-hetero) is 1. The summed E-state index contributed by atoms with van der Waals surface area (Å²) in [6.07, 6.45) is 3.97. The quantitative estimate of drug-likeness (QED) is 0.776. The molecule has 0 bridgehead atoms. The molecular weight excluding hydrogens is 243 g/mol. The number of unbranched alkanes of at least 4 members (excludes halogenated alkanes) is 1. The van der Waals surface area contributed by atoms with Gasteiger partial charge in [0.2, 0.25) is 0 Å². The van der Waals surface area contributed by atoms with E-state index in [2.05, 4.69) is 6.92 Å². The van der Waals surface area contributed by atoms with Gasteiger partial charge in [-0.2, -0.15) is 0 Å². The van der Waals surface area contributed by atoms with E-state index in [1.165, 1.54) is 0 Å². The Balaban J connectivity index is 2.28. The number of rotatable bonds is 3. The van der Waals surface area contributed by atoms with Crippen molar-refractivity contribution in [1.82, 2.24) is 0 Å². The third-order valence-electron chi connectivity index (χ3n) is 3.13. The molecule has 0 saturated carbocycles. The fraction of sp³-hybridized carbons (Fsp3) is 0.462. The van der Waals surface area contributed by atoms with Crippen molar-refractivity contribution in [2.75, 3.05) is 0 Å². The first-order valence-electron chi connectivity index (χ1n) is 5.65. The molecule has 1 aromatic rings. The van der Waals surface area contributed by atoms with E-state index >= 15 is 0 Å². The molecule has 0 aromatic heterocycles. The third-order valence-corrected chi connectivity index (χ3v) is 3.64. The van der Waals surface area contributed by atoms with Crippen LogP contribution < -0.4 is 0 Å². The van der Waals surface area contributed by atoms with Crippen molar-refractivity contribution in [2.24, 2.45) is 5.92 Å². The Morgan fingerprint density at radius 3 is 2.81 bits per heavy atom. The van der Waals surface area contributed by atoms with Gasteiger partial charge in [-0.1, -0.05) is 43.0 Å². The van der Waals surface area contributed by atoms with E-state index in [9.17, 15) is 4.79 Å². The predicted octanol–water partition coefficient (Wildman–Crippen LogP) is 4.54. The Morgan fingerprint density at radius 1 is 1.38 bits per heavy atom. The summed E-state index contributed by atoms with van der Waals surface area (Å²) in [5.41, 5.74) is 1.72.